The maximum Gasteiger partial charge on any atom is 0.257 e. The number of amides is 2. The maximum atomic E-state index is 12.8. The van der Waals surface area contributed by atoms with E-state index in [1.807, 2.05) is 13.8 Å². The van der Waals surface area contributed by atoms with E-state index in [0.717, 1.165) is 6.42 Å². The number of hydrogen-bond acceptors (Lipinski definition) is 4. The van der Waals surface area contributed by atoms with Gasteiger partial charge >= 0.3 is 0 Å². The molecule has 7 heteroatoms. The lowest BCUT2D eigenvalue weighted by Gasteiger charge is -2.10. The molecule has 2 N–H and O–H groups in total. The Kier molecular flexibility index (Phi) is 5.81. The monoisotopic (exact) mass is 335 g/mol. The summed E-state index contributed by atoms with van der Waals surface area (Å²) >= 11 is 1.25. The number of carbonyl (C=O) groups is 2. The van der Waals surface area contributed by atoms with E-state index in [2.05, 4.69) is 15.6 Å². The van der Waals surface area contributed by atoms with E-state index in [1.165, 1.54) is 35.6 Å². The molecule has 1 aromatic carbocycles. The molecule has 0 saturated heterocycles. The number of rotatable bonds is 6. The van der Waals surface area contributed by atoms with Crippen molar-refractivity contribution >= 4 is 28.3 Å². The van der Waals surface area contributed by atoms with Gasteiger partial charge in [0.2, 0.25) is 5.91 Å². The highest BCUT2D eigenvalue weighted by Crippen LogP contribution is 2.17. The average Bonchev–Trinajstić information content (AvgIpc) is 2.94. The molecule has 5 nitrogen and oxygen atoms in total. The van der Waals surface area contributed by atoms with Crippen molar-refractivity contribution in [2.75, 3.05) is 5.32 Å². The van der Waals surface area contributed by atoms with Crippen LogP contribution in [0.2, 0.25) is 0 Å². The zero-order chi connectivity index (χ0) is 16.8. The smallest absolute Gasteiger partial charge is 0.257 e. The van der Waals surface area contributed by atoms with Gasteiger partial charge in [-0.25, -0.2) is 9.37 Å². The van der Waals surface area contributed by atoms with Gasteiger partial charge in [0.1, 0.15) is 5.82 Å². The summed E-state index contributed by atoms with van der Waals surface area (Å²) in [7, 11) is 0. The van der Waals surface area contributed by atoms with Gasteiger partial charge < -0.3 is 5.32 Å². The third-order valence-electron chi connectivity index (χ3n) is 3.24. The molecule has 0 saturated carbocycles. The minimum Gasteiger partial charge on any atom is -0.353 e. The Balaban J connectivity index is 1.93. The number of nitrogens with one attached hydrogen (secondary N) is 2. The summed E-state index contributed by atoms with van der Waals surface area (Å²) in [5, 5.41) is 7.64. The second-order valence-corrected chi connectivity index (χ2v) is 6.02. The standard InChI is InChI=1S/C16H18FN3O2S/c1-3-10(2)18-14(21)8-13-9-23-16(19-13)20-15(22)11-4-6-12(17)7-5-11/h4-7,9-10H,3,8H2,1-2H3,(H,18,21)(H,19,20,22). The lowest BCUT2D eigenvalue weighted by molar-refractivity contribution is -0.121. The molecule has 1 heterocycles. The highest BCUT2D eigenvalue weighted by atomic mass is 32.1. The topological polar surface area (TPSA) is 71.1 Å². The summed E-state index contributed by atoms with van der Waals surface area (Å²) in [5.41, 5.74) is 0.947. The summed E-state index contributed by atoms with van der Waals surface area (Å²) in [4.78, 5) is 28.0. The third kappa shape index (κ3) is 5.14. The molecule has 2 aromatic rings. The summed E-state index contributed by atoms with van der Waals surface area (Å²) in [6.07, 6.45) is 1.04. The number of hydrogen-bond donors (Lipinski definition) is 2. The van der Waals surface area contributed by atoms with E-state index >= 15 is 0 Å². The first-order chi connectivity index (χ1) is 11.0. The molecule has 0 aliphatic heterocycles. The Bertz CT molecular complexity index is 685. The van der Waals surface area contributed by atoms with Gasteiger partial charge in [0.05, 0.1) is 12.1 Å². The van der Waals surface area contributed by atoms with Gasteiger partial charge in [0.15, 0.2) is 5.13 Å². The molecule has 1 atom stereocenters. The largest absolute Gasteiger partial charge is 0.353 e. The normalized spacial score (nSPS) is 11.8. The molecule has 0 bridgehead atoms. The lowest BCUT2D eigenvalue weighted by Crippen LogP contribution is -2.33. The van der Waals surface area contributed by atoms with E-state index < -0.39 is 5.82 Å². The predicted octanol–water partition coefficient (Wildman–Crippen LogP) is 2.99. The molecular formula is C16H18FN3O2S. The van der Waals surface area contributed by atoms with E-state index in [0.29, 0.717) is 16.4 Å². The molecule has 2 amide bonds. The highest BCUT2D eigenvalue weighted by Gasteiger charge is 2.12. The van der Waals surface area contributed by atoms with Crippen molar-refractivity contribution in [2.45, 2.75) is 32.7 Å². The van der Waals surface area contributed by atoms with Crippen LogP contribution in [0, 0.1) is 5.82 Å². The van der Waals surface area contributed by atoms with Gasteiger partial charge in [-0.2, -0.15) is 0 Å². The van der Waals surface area contributed by atoms with Crippen LogP contribution in [0.25, 0.3) is 0 Å². The number of carbonyl (C=O) groups excluding carboxylic acids is 2. The van der Waals surface area contributed by atoms with Gasteiger partial charge in [-0.15, -0.1) is 11.3 Å². The zero-order valence-corrected chi connectivity index (χ0v) is 13.7. The van der Waals surface area contributed by atoms with Crippen LogP contribution in [0.1, 0.15) is 36.3 Å². The quantitative estimate of drug-likeness (QED) is 0.852. The van der Waals surface area contributed by atoms with Gasteiger partial charge in [0.25, 0.3) is 5.91 Å². The van der Waals surface area contributed by atoms with Crippen LogP contribution in [-0.2, 0) is 11.2 Å². The minimum atomic E-state index is -0.398. The van der Waals surface area contributed by atoms with Crippen LogP contribution < -0.4 is 10.6 Å². The minimum absolute atomic E-state index is 0.0962. The molecule has 0 spiro atoms. The van der Waals surface area contributed by atoms with Crippen LogP contribution >= 0.6 is 11.3 Å². The Hall–Kier alpha value is -2.28. The number of thiazole rings is 1. The Morgan fingerprint density at radius 3 is 2.65 bits per heavy atom. The first-order valence-corrected chi connectivity index (χ1v) is 8.16. The van der Waals surface area contributed by atoms with Crippen molar-refractivity contribution < 1.29 is 14.0 Å². The number of halogens is 1. The van der Waals surface area contributed by atoms with Crippen molar-refractivity contribution in [1.29, 1.82) is 0 Å². The molecule has 2 rings (SSSR count). The molecule has 0 aliphatic carbocycles. The fraction of sp³-hybridized carbons (Fsp3) is 0.312. The summed E-state index contributed by atoms with van der Waals surface area (Å²) in [6.45, 7) is 3.93. The lowest BCUT2D eigenvalue weighted by atomic mass is 10.2. The molecular weight excluding hydrogens is 317 g/mol. The molecule has 0 fully saturated rings. The predicted molar refractivity (Wildman–Crippen MR) is 88.1 cm³/mol. The van der Waals surface area contributed by atoms with Crippen molar-refractivity contribution in [3.8, 4) is 0 Å². The number of benzene rings is 1. The molecule has 23 heavy (non-hydrogen) atoms. The molecule has 1 unspecified atom stereocenters. The van der Waals surface area contributed by atoms with Gasteiger partial charge in [-0.1, -0.05) is 6.92 Å². The van der Waals surface area contributed by atoms with Crippen molar-refractivity contribution in [2.24, 2.45) is 0 Å². The van der Waals surface area contributed by atoms with Crippen molar-refractivity contribution in [1.82, 2.24) is 10.3 Å². The van der Waals surface area contributed by atoms with Gasteiger partial charge in [0, 0.05) is 17.0 Å². The second kappa shape index (κ2) is 7.82. The molecule has 122 valence electrons. The van der Waals surface area contributed by atoms with Crippen LogP contribution in [0.15, 0.2) is 29.6 Å². The fourth-order valence-corrected chi connectivity index (χ4v) is 2.51. The highest BCUT2D eigenvalue weighted by molar-refractivity contribution is 7.14. The molecule has 0 aliphatic rings. The van der Waals surface area contributed by atoms with Gasteiger partial charge in [-0.05, 0) is 37.6 Å². The maximum absolute atomic E-state index is 12.8. The number of aromatic nitrogens is 1. The zero-order valence-electron chi connectivity index (χ0n) is 12.9. The van der Waals surface area contributed by atoms with Crippen LogP contribution in [0.3, 0.4) is 0 Å². The molecule has 1 aromatic heterocycles. The Morgan fingerprint density at radius 1 is 1.30 bits per heavy atom. The second-order valence-electron chi connectivity index (χ2n) is 5.16. The number of nitrogens with zero attached hydrogens (tertiary/aromatic N) is 1. The average molecular weight is 335 g/mol. The molecule has 0 radical (unpaired) electrons. The first-order valence-electron chi connectivity index (χ1n) is 7.28. The van der Waals surface area contributed by atoms with E-state index in [9.17, 15) is 14.0 Å². The van der Waals surface area contributed by atoms with Crippen molar-refractivity contribution in [3.05, 3.63) is 46.7 Å². The SMILES string of the molecule is CCC(C)NC(=O)Cc1csc(NC(=O)c2ccc(F)cc2)n1. The van der Waals surface area contributed by atoms with E-state index in [4.69, 9.17) is 0 Å². The Morgan fingerprint density at radius 2 is 2.00 bits per heavy atom. The van der Waals surface area contributed by atoms with Crippen molar-refractivity contribution in [3.63, 3.8) is 0 Å². The number of anilines is 1. The first kappa shape index (κ1) is 17.1. The summed E-state index contributed by atoms with van der Waals surface area (Å²) in [5.74, 6) is -0.860. The Labute approximate surface area is 137 Å². The van der Waals surface area contributed by atoms with Crippen LogP contribution in [0.5, 0.6) is 0 Å². The summed E-state index contributed by atoms with van der Waals surface area (Å²) in [6, 6.07) is 5.37. The van der Waals surface area contributed by atoms with Crippen LogP contribution in [0.4, 0.5) is 9.52 Å². The summed E-state index contributed by atoms with van der Waals surface area (Å²) < 4.78 is 12.8. The van der Waals surface area contributed by atoms with E-state index in [1.54, 1.807) is 5.38 Å². The third-order valence-corrected chi connectivity index (χ3v) is 4.05. The fourth-order valence-electron chi connectivity index (χ4n) is 1.81. The van der Waals surface area contributed by atoms with Gasteiger partial charge in [-0.3, -0.25) is 14.9 Å². The van der Waals surface area contributed by atoms with Crippen LogP contribution in [-0.4, -0.2) is 22.8 Å². The van der Waals surface area contributed by atoms with E-state index in [-0.39, 0.29) is 24.3 Å².